The number of nitrogens with one attached hydrogen (secondary N) is 3. The summed E-state index contributed by atoms with van der Waals surface area (Å²) >= 11 is 8.01. The molecule has 0 aliphatic rings. The van der Waals surface area contributed by atoms with E-state index in [4.69, 9.17) is 0 Å². The largest absolute Gasteiger partial charge is 0.357 e. The number of hydrogen-bond acceptors (Lipinski definition) is 5. The van der Waals surface area contributed by atoms with Crippen molar-refractivity contribution in [2.45, 2.75) is 12.1 Å². The molecule has 0 aromatic heterocycles. The van der Waals surface area contributed by atoms with Crippen LogP contribution in [0.3, 0.4) is 0 Å². The van der Waals surface area contributed by atoms with Crippen molar-refractivity contribution in [3.63, 3.8) is 0 Å². The summed E-state index contributed by atoms with van der Waals surface area (Å²) in [6, 6.07) is -1.01. The lowest BCUT2D eigenvalue weighted by molar-refractivity contribution is -0.128. The highest BCUT2D eigenvalue weighted by molar-refractivity contribution is 7.80. The van der Waals surface area contributed by atoms with Gasteiger partial charge in [-0.25, -0.2) is 0 Å². The Labute approximate surface area is 101 Å². The molecule has 0 saturated carbocycles. The molecule has 0 heterocycles. The zero-order valence-electron chi connectivity index (χ0n) is 8.78. The molecule has 5 nitrogen and oxygen atoms in total. The first-order valence-electron chi connectivity index (χ1n) is 4.51. The van der Waals surface area contributed by atoms with Crippen LogP contribution in [0, 0.1) is 0 Å². The van der Waals surface area contributed by atoms with Crippen LogP contribution in [0.5, 0.6) is 0 Å². The van der Waals surface area contributed by atoms with E-state index in [1.54, 1.807) is 7.05 Å². The SMILES string of the molecule is CNC(=O)C(CS)NC(=O)C(CS)NC. The molecule has 2 unspecified atom stereocenters. The van der Waals surface area contributed by atoms with Gasteiger partial charge in [-0.05, 0) is 7.05 Å². The minimum atomic E-state index is -0.610. The Morgan fingerprint density at radius 2 is 1.60 bits per heavy atom. The first kappa shape index (κ1) is 14.6. The van der Waals surface area contributed by atoms with Crippen molar-refractivity contribution >= 4 is 37.1 Å². The maximum absolute atomic E-state index is 11.6. The summed E-state index contributed by atoms with van der Waals surface area (Å²) in [5.74, 6) is 0.117. The van der Waals surface area contributed by atoms with E-state index in [-0.39, 0.29) is 17.6 Å². The zero-order valence-corrected chi connectivity index (χ0v) is 10.6. The van der Waals surface area contributed by atoms with Crippen molar-refractivity contribution in [2.75, 3.05) is 25.6 Å². The average Bonchev–Trinajstić information content (AvgIpc) is 2.26. The second-order valence-electron chi connectivity index (χ2n) is 2.88. The molecule has 0 spiro atoms. The summed E-state index contributed by atoms with van der Waals surface area (Å²) in [4.78, 5) is 22.8. The number of likely N-dealkylation sites (N-methyl/N-ethyl adjacent to an activating group) is 2. The molecule has 2 amide bonds. The van der Waals surface area contributed by atoms with Gasteiger partial charge in [0.25, 0.3) is 0 Å². The van der Waals surface area contributed by atoms with Crippen molar-refractivity contribution in [2.24, 2.45) is 0 Å². The predicted molar refractivity (Wildman–Crippen MR) is 66.6 cm³/mol. The van der Waals surface area contributed by atoms with E-state index in [2.05, 4.69) is 41.2 Å². The molecule has 0 aromatic rings. The van der Waals surface area contributed by atoms with Gasteiger partial charge in [0.15, 0.2) is 0 Å². The van der Waals surface area contributed by atoms with Crippen LogP contribution in [-0.4, -0.2) is 49.5 Å². The van der Waals surface area contributed by atoms with Gasteiger partial charge in [-0.3, -0.25) is 9.59 Å². The van der Waals surface area contributed by atoms with Gasteiger partial charge in [0, 0.05) is 18.6 Å². The summed E-state index contributed by atoms with van der Waals surface area (Å²) in [5, 5.41) is 7.83. The number of rotatable bonds is 6. The van der Waals surface area contributed by atoms with E-state index < -0.39 is 12.1 Å². The lowest BCUT2D eigenvalue weighted by atomic mass is 10.2. The first-order valence-corrected chi connectivity index (χ1v) is 5.78. The Balaban J connectivity index is 4.29. The highest BCUT2D eigenvalue weighted by atomic mass is 32.1. The van der Waals surface area contributed by atoms with Crippen LogP contribution < -0.4 is 16.0 Å². The predicted octanol–water partition coefficient (Wildman–Crippen LogP) is -1.34. The summed E-state index contributed by atoms with van der Waals surface area (Å²) in [7, 11) is 3.18. The zero-order chi connectivity index (χ0) is 11.8. The first-order chi connectivity index (χ1) is 7.10. The van der Waals surface area contributed by atoms with Gasteiger partial charge in [0.2, 0.25) is 11.8 Å². The maximum atomic E-state index is 11.6. The number of hydrogen-bond donors (Lipinski definition) is 5. The van der Waals surface area contributed by atoms with Gasteiger partial charge in [-0.2, -0.15) is 25.3 Å². The van der Waals surface area contributed by atoms with Crippen LogP contribution in [0.15, 0.2) is 0 Å². The normalized spacial score (nSPS) is 14.1. The highest BCUT2D eigenvalue weighted by Crippen LogP contribution is 1.92. The van der Waals surface area contributed by atoms with Crippen LogP contribution in [0.4, 0.5) is 0 Å². The van der Waals surface area contributed by atoms with E-state index in [0.29, 0.717) is 5.75 Å². The third-order valence-corrected chi connectivity index (χ3v) is 2.64. The second kappa shape index (κ2) is 7.84. The Bertz CT molecular complexity index is 222. The van der Waals surface area contributed by atoms with E-state index in [9.17, 15) is 9.59 Å². The van der Waals surface area contributed by atoms with Crippen molar-refractivity contribution in [1.29, 1.82) is 0 Å². The lowest BCUT2D eigenvalue weighted by Gasteiger charge is -2.19. The van der Waals surface area contributed by atoms with Crippen molar-refractivity contribution in [3.8, 4) is 0 Å². The van der Waals surface area contributed by atoms with Gasteiger partial charge >= 0.3 is 0 Å². The minimum absolute atomic E-state index is 0.254. The lowest BCUT2D eigenvalue weighted by Crippen LogP contribution is -2.53. The molecular weight excluding hydrogens is 234 g/mol. The molecule has 15 heavy (non-hydrogen) atoms. The Morgan fingerprint density at radius 3 is 1.93 bits per heavy atom. The average molecular weight is 251 g/mol. The van der Waals surface area contributed by atoms with E-state index >= 15 is 0 Å². The topological polar surface area (TPSA) is 70.2 Å². The van der Waals surface area contributed by atoms with Crippen molar-refractivity contribution < 1.29 is 9.59 Å². The van der Waals surface area contributed by atoms with Crippen LogP contribution >= 0.6 is 25.3 Å². The Hall–Kier alpha value is -0.400. The highest BCUT2D eigenvalue weighted by Gasteiger charge is 2.21. The Kier molecular flexibility index (Phi) is 7.63. The van der Waals surface area contributed by atoms with Crippen LogP contribution in [0.25, 0.3) is 0 Å². The van der Waals surface area contributed by atoms with Crippen LogP contribution in [0.1, 0.15) is 0 Å². The summed E-state index contributed by atoms with van der Waals surface area (Å²) in [6.07, 6.45) is 0. The fourth-order valence-electron chi connectivity index (χ4n) is 0.946. The molecule has 0 fully saturated rings. The van der Waals surface area contributed by atoms with E-state index in [0.717, 1.165) is 0 Å². The minimum Gasteiger partial charge on any atom is -0.357 e. The fraction of sp³-hybridized carbons (Fsp3) is 0.750. The number of carbonyl (C=O) groups is 2. The molecular formula is C8H17N3O2S2. The molecule has 0 aliphatic carbocycles. The van der Waals surface area contributed by atoms with Crippen LogP contribution in [-0.2, 0) is 9.59 Å². The molecule has 0 aliphatic heterocycles. The fourth-order valence-corrected chi connectivity index (χ4v) is 1.55. The summed E-state index contributed by atoms with van der Waals surface area (Å²) < 4.78 is 0. The molecule has 0 radical (unpaired) electrons. The second-order valence-corrected chi connectivity index (χ2v) is 3.61. The van der Waals surface area contributed by atoms with Gasteiger partial charge in [-0.1, -0.05) is 0 Å². The van der Waals surface area contributed by atoms with Gasteiger partial charge in [0.1, 0.15) is 6.04 Å². The molecule has 88 valence electrons. The summed E-state index contributed by atoms with van der Waals surface area (Å²) in [6.45, 7) is 0. The standard InChI is InChI=1S/C8H17N3O2S2/c1-9-5(3-14)8(13)11-6(4-15)7(12)10-2/h5-6,9,14-15H,3-4H2,1-2H3,(H,10,12)(H,11,13). The molecule has 7 heteroatoms. The van der Waals surface area contributed by atoms with Crippen molar-refractivity contribution in [3.05, 3.63) is 0 Å². The molecule has 3 N–H and O–H groups in total. The summed E-state index contributed by atoms with van der Waals surface area (Å²) in [5.41, 5.74) is 0. The molecule has 0 aromatic carbocycles. The van der Waals surface area contributed by atoms with E-state index in [1.807, 2.05) is 0 Å². The smallest absolute Gasteiger partial charge is 0.243 e. The molecule has 2 atom stereocenters. The Morgan fingerprint density at radius 1 is 1.07 bits per heavy atom. The van der Waals surface area contributed by atoms with Gasteiger partial charge < -0.3 is 16.0 Å². The number of carbonyl (C=O) groups excluding carboxylic acids is 2. The molecule has 0 rings (SSSR count). The van der Waals surface area contributed by atoms with E-state index in [1.165, 1.54) is 7.05 Å². The monoisotopic (exact) mass is 251 g/mol. The number of thiol groups is 2. The third-order valence-electron chi connectivity index (χ3n) is 1.91. The molecule has 0 saturated heterocycles. The third kappa shape index (κ3) is 4.76. The quantitative estimate of drug-likeness (QED) is 0.380. The van der Waals surface area contributed by atoms with Gasteiger partial charge in [0.05, 0.1) is 6.04 Å². The van der Waals surface area contributed by atoms with Crippen LogP contribution in [0.2, 0.25) is 0 Å². The molecule has 0 bridgehead atoms. The van der Waals surface area contributed by atoms with Gasteiger partial charge in [-0.15, -0.1) is 0 Å². The maximum Gasteiger partial charge on any atom is 0.243 e. The van der Waals surface area contributed by atoms with Crippen molar-refractivity contribution in [1.82, 2.24) is 16.0 Å². The number of amides is 2.